The Hall–Kier alpha value is -3.98. The number of carbonyl (C=O) groups is 4. The standard InChI is InChI=1S/C40H49NO12/c1-20(2)28(41-34(46)22-13-9-7-10-14-22)30(44)36(48)52-24-18-40(50)33(53-35(47)23-15-11-8-12-16-23)31-38(6,25(42)17-26-39(31,49)19-51-26)32(45)29(43)27(21(24)3)37(40,4)5/h7-16,20,24-26,28-31,33,42-44,49-50H,17-19H2,1-6H3,(H,41,46)/t24?,25?,26?,28?,29?,30?,31?,33?,38-,39+,40?/m1/s1. The van der Waals surface area contributed by atoms with Crippen LogP contribution in [0.3, 0.4) is 0 Å². The molecule has 3 aliphatic carbocycles. The highest BCUT2D eigenvalue weighted by Crippen LogP contribution is 2.63. The van der Waals surface area contributed by atoms with Gasteiger partial charge in [0.05, 0.1) is 35.8 Å². The van der Waals surface area contributed by atoms with E-state index in [4.69, 9.17) is 14.2 Å². The zero-order valence-corrected chi connectivity index (χ0v) is 30.7. The first kappa shape index (κ1) is 38.7. The van der Waals surface area contributed by atoms with Gasteiger partial charge in [-0.15, -0.1) is 0 Å². The second-order valence-electron chi connectivity index (χ2n) is 16.1. The van der Waals surface area contributed by atoms with Gasteiger partial charge in [-0.25, -0.2) is 9.59 Å². The molecule has 0 aromatic heterocycles. The number of Topliss-reactive ketones (excluding diaryl/α,β-unsaturated/α-hetero) is 1. The van der Waals surface area contributed by atoms with E-state index in [0.29, 0.717) is 5.56 Å². The Bertz CT molecular complexity index is 1790. The Morgan fingerprint density at radius 1 is 0.925 bits per heavy atom. The van der Waals surface area contributed by atoms with Crippen LogP contribution >= 0.6 is 0 Å². The van der Waals surface area contributed by atoms with Gasteiger partial charge in [0.15, 0.2) is 11.9 Å². The lowest BCUT2D eigenvalue weighted by Crippen LogP contribution is -2.81. The highest BCUT2D eigenvalue weighted by Gasteiger charge is 2.76. The molecular formula is C40H49NO12. The number of hydrogen-bond donors (Lipinski definition) is 6. The second kappa shape index (κ2) is 13.7. The van der Waals surface area contributed by atoms with Crippen LogP contribution in [-0.2, 0) is 23.8 Å². The van der Waals surface area contributed by atoms with Gasteiger partial charge in [0.2, 0.25) is 0 Å². The SMILES string of the molecule is CC1=C2C(O)C(=O)[C@]3(C)C(O)CC4OC[C@@]4(O)C3C(OC(=O)c3ccccc3)C(O)(CC1OC(=O)C(O)C(NC(=O)c1ccccc1)C(C)C)C2(C)C. The smallest absolute Gasteiger partial charge is 0.338 e. The molecule has 2 aromatic rings. The van der Waals surface area contributed by atoms with Crippen LogP contribution in [0.4, 0.5) is 0 Å². The molecule has 2 saturated carbocycles. The van der Waals surface area contributed by atoms with Gasteiger partial charge in [-0.2, -0.15) is 0 Å². The monoisotopic (exact) mass is 735 g/mol. The van der Waals surface area contributed by atoms with E-state index < -0.39 is 107 Å². The Morgan fingerprint density at radius 3 is 2.06 bits per heavy atom. The van der Waals surface area contributed by atoms with Gasteiger partial charge in [0.25, 0.3) is 5.91 Å². The molecule has 13 heteroatoms. The van der Waals surface area contributed by atoms with Crippen LogP contribution in [0, 0.1) is 22.7 Å². The fraction of sp³-hybridized carbons (Fsp3) is 0.550. The average molecular weight is 736 g/mol. The fourth-order valence-electron chi connectivity index (χ4n) is 9.17. The summed E-state index contributed by atoms with van der Waals surface area (Å²) in [4.78, 5) is 55.3. The maximum atomic E-state index is 14.6. The van der Waals surface area contributed by atoms with Crippen molar-refractivity contribution in [3.63, 3.8) is 0 Å². The topological polar surface area (TPSA) is 209 Å². The van der Waals surface area contributed by atoms with Crippen molar-refractivity contribution in [2.24, 2.45) is 22.7 Å². The van der Waals surface area contributed by atoms with Crippen molar-refractivity contribution < 1.29 is 58.9 Å². The Labute approximate surface area is 308 Å². The van der Waals surface area contributed by atoms with E-state index in [1.165, 1.54) is 26.0 Å². The number of carbonyl (C=O) groups excluding carboxylic acids is 4. The van der Waals surface area contributed by atoms with Gasteiger partial charge in [0.1, 0.15) is 29.5 Å². The number of esters is 2. The lowest BCUT2D eigenvalue weighted by molar-refractivity contribution is -0.343. The molecule has 4 aliphatic rings. The van der Waals surface area contributed by atoms with Crippen molar-refractivity contribution in [3.05, 3.63) is 82.9 Å². The van der Waals surface area contributed by atoms with Crippen molar-refractivity contribution in [1.29, 1.82) is 0 Å². The molecule has 13 nitrogen and oxygen atoms in total. The van der Waals surface area contributed by atoms with Crippen LogP contribution in [0.15, 0.2) is 71.8 Å². The Morgan fingerprint density at radius 2 is 1.51 bits per heavy atom. The molecule has 1 saturated heterocycles. The first-order chi connectivity index (χ1) is 24.8. The zero-order chi connectivity index (χ0) is 38.8. The summed E-state index contributed by atoms with van der Waals surface area (Å²) in [5.74, 6) is -5.39. The molecule has 286 valence electrons. The number of hydrogen-bond acceptors (Lipinski definition) is 12. The number of aliphatic hydroxyl groups excluding tert-OH is 3. The molecule has 53 heavy (non-hydrogen) atoms. The summed E-state index contributed by atoms with van der Waals surface area (Å²) in [7, 11) is 0. The van der Waals surface area contributed by atoms with Gasteiger partial charge in [0, 0.05) is 29.7 Å². The van der Waals surface area contributed by atoms with Crippen molar-refractivity contribution in [2.75, 3.05) is 6.61 Å². The van der Waals surface area contributed by atoms with Gasteiger partial charge >= 0.3 is 11.9 Å². The molecule has 1 heterocycles. The largest absolute Gasteiger partial charge is 0.456 e. The van der Waals surface area contributed by atoms with Gasteiger partial charge < -0.3 is 45.1 Å². The first-order valence-corrected chi connectivity index (χ1v) is 18.0. The first-order valence-electron chi connectivity index (χ1n) is 18.0. The number of amides is 1. The number of aliphatic hydroxyl groups is 5. The second-order valence-corrected chi connectivity index (χ2v) is 16.1. The van der Waals surface area contributed by atoms with E-state index in [1.54, 1.807) is 76.2 Å². The number of fused-ring (bicyclic) bond motifs is 5. The summed E-state index contributed by atoms with van der Waals surface area (Å²) < 4.78 is 17.7. The Kier molecular flexibility index (Phi) is 10.0. The van der Waals surface area contributed by atoms with Crippen molar-refractivity contribution >= 4 is 23.6 Å². The molecule has 2 bridgehead atoms. The maximum absolute atomic E-state index is 14.6. The third-order valence-corrected chi connectivity index (χ3v) is 12.5. The van der Waals surface area contributed by atoms with E-state index in [2.05, 4.69) is 5.32 Å². The Balaban J connectivity index is 1.43. The predicted octanol–water partition coefficient (Wildman–Crippen LogP) is 1.88. The highest BCUT2D eigenvalue weighted by molar-refractivity contribution is 5.95. The van der Waals surface area contributed by atoms with Gasteiger partial charge in [-0.05, 0) is 55.2 Å². The molecular weight excluding hydrogens is 686 g/mol. The van der Waals surface area contributed by atoms with E-state index in [9.17, 15) is 44.7 Å². The molecule has 1 amide bonds. The summed E-state index contributed by atoms with van der Waals surface area (Å²) in [6.45, 7) is 9.15. The third-order valence-electron chi connectivity index (χ3n) is 12.5. The van der Waals surface area contributed by atoms with Crippen molar-refractivity contribution in [3.8, 4) is 0 Å². The summed E-state index contributed by atoms with van der Waals surface area (Å²) in [5, 5.41) is 63.0. The molecule has 1 aliphatic heterocycles. The fourth-order valence-corrected chi connectivity index (χ4v) is 9.17. The van der Waals surface area contributed by atoms with Crippen molar-refractivity contribution in [2.45, 2.75) is 108 Å². The summed E-state index contributed by atoms with van der Waals surface area (Å²) in [6, 6.07) is 15.1. The molecule has 3 fully saturated rings. The summed E-state index contributed by atoms with van der Waals surface area (Å²) in [6.07, 6.45) is -10.0. The normalized spacial score (nSPS) is 35.7. The molecule has 11 atom stereocenters. The number of ether oxygens (including phenoxy) is 3. The minimum absolute atomic E-state index is 0.0204. The lowest BCUT2D eigenvalue weighted by Gasteiger charge is -2.66. The average Bonchev–Trinajstić information content (AvgIpc) is 3.12. The van der Waals surface area contributed by atoms with Crippen LogP contribution in [0.5, 0.6) is 0 Å². The molecule has 0 radical (unpaired) electrons. The van der Waals surface area contributed by atoms with Crippen LogP contribution in [0.1, 0.15) is 75.1 Å². The van der Waals surface area contributed by atoms with Crippen LogP contribution in [0.25, 0.3) is 0 Å². The zero-order valence-electron chi connectivity index (χ0n) is 30.7. The highest BCUT2D eigenvalue weighted by atomic mass is 16.6. The number of rotatable bonds is 8. The minimum atomic E-state index is -2.28. The minimum Gasteiger partial charge on any atom is -0.456 e. The van der Waals surface area contributed by atoms with Crippen molar-refractivity contribution in [1.82, 2.24) is 5.32 Å². The van der Waals surface area contributed by atoms with E-state index in [1.807, 2.05) is 0 Å². The quantitative estimate of drug-likeness (QED) is 0.170. The number of benzene rings is 2. The van der Waals surface area contributed by atoms with E-state index >= 15 is 0 Å². The van der Waals surface area contributed by atoms with E-state index in [-0.39, 0.29) is 29.7 Å². The summed E-state index contributed by atoms with van der Waals surface area (Å²) >= 11 is 0. The molecule has 6 rings (SSSR count). The number of nitrogens with one attached hydrogen (secondary N) is 1. The van der Waals surface area contributed by atoms with Crippen LogP contribution < -0.4 is 5.32 Å². The van der Waals surface area contributed by atoms with Gasteiger partial charge in [-0.3, -0.25) is 9.59 Å². The maximum Gasteiger partial charge on any atom is 0.338 e. The molecule has 6 N–H and O–H groups in total. The lowest BCUT2D eigenvalue weighted by atomic mass is 9.44. The molecule has 0 spiro atoms. The molecule has 9 unspecified atom stereocenters. The van der Waals surface area contributed by atoms with E-state index in [0.717, 1.165) is 0 Å². The third kappa shape index (κ3) is 6.02. The van der Waals surface area contributed by atoms with Gasteiger partial charge in [-0.1, -0.05) is 64.1 Å². The molecule has 2 aromatic carbocycles. The van der Waals surface area contributed by atoms with Crippen LogP contribution in [-0.4, -0.2) is 110 Å². The van der Waals surface area contributed by atoms with Crippen LogP contribution in [0.2, 0.25) is 0 Å². The number of ketones is 1. The summed E-state index contributed by atoms with van der Waals surface area (Å²) in [5.41, 5.74) is -7.07. The predicted molar refractivity (Wildman–Crippen MR) is 188 cm³/mol.